The molecule has 1 aromatic heterocycles. The smallest absolute Gasteiger partial charge is 0.339 e. The number of esters is 2. The first-order valence-electron chi connectivity index (χ1n) is 14.6. The summed E-state index contributed by atoms with van der Waals surface area (Å²) in [5.41, 5.74) is 7.12. The quantitative estimate of drug-likeness (QED) is 0.112. The Balaban J connectivity index is 1.53. The molecule has 47 heavy (non-hydrogen) atoms. The highest BCUT2D eigenvalue weighted by Crippen LogP contribution is 2.32. The van der Waals surface area contributed by atoms with Crippen LogP contribution in [0.5, 0.6) is 5.88 Å². The van der Waals surface area contributed by atoms with Crippen LogP contribution in [-0.2, 0) is 20.9 Å². The van der Waals surface area contributed by atoms with Crippen LogP contribution in [0.25, 0.3) is 11.1 Å². The van der Waals surface area contributed by atoms with Crippen molar-refractivity contribution in [3.63, 3.8) is 0 Å². The topological polar surface area (TPSA) is 183 Å². The highest BCUT2D eigenvalue weighted by atomic mass is 16.5. The zero-order valence-electron chi connectivity index (χ0n) is 26.0. The summed E-state index contributed by atoms with van der Waals surface area (Å²) in [4.78, 5) is 57.4. The summed E-state index contributed by atoms with van der Waals surface area (Å²) in [5.74, 6) is -2.46. The van der Waals surface area contributed by atoms with Gasteiger partial charge in [0.15, 0.2) is 0 Å². The molecule has 2 heterocycles. The second kappa shape index (κ2) is 13.5. The van der Waals surface area contributed by atoms with E-state index in [0.29, 0.717) is 11.3 Å². The van der Waals surface area contributed by atoms with Gasteiger partial charge in [0.25, 0.3) is 11.8 Å². The van der Waals surface area contributed by atoms with Gasteiger partial charge in [0.1, 0.15) is 24.2 Å². The van der Waals surface area contributed by atoms with Crippen LogP contribution < -0.4 is 21.1 Å². The van der Waals surface area contributed by atoms with Gasteiger partial charge < -0.3 is 30.6 Å². The van der Waals surface area contributed by atoms with Crippen LogP contribution in [0.2, 0.25) is 0 Å². The van der Waals surface area contributed by atoms with Crippen molar-refractivity contribution >= 4 is 35.3 Å². The monoisotopic (exact) mass is 635 g/mol. The van der Waals surface area contributed by atoms with Gasteiger partial charge in [-0.15, -0.1) is 0 Å². The van der Waals surface area contributed by atoms with Crippen molar-refractivity contribution in [1.82, 2.24) is 10.3 Å². The summed E-state index contributed by atoms with van der Waals surface area (Å²) >= 11 is 0. The van der Waals surface area contributed by atoms with E-state index in [0.717, 1.165) is 5.56 Å². The molecule has 3 aromatic carbocycles. The second-order valence-corrected chi connectivity index (χ2v) is 11.5. The predicted molar refractivity (Wildman–Crippen MR) is 173 cm³/mol. The molecule has 2 amide bonds. The Morgan fingerprint density at radius 3 is 2.28 bits per heavy atom. The summed E-state index contributed by atoms with van der Waals surface area (Å²) in [6.07, 6.45) is 0. The van der Waals surface area contributed by atoms with Crippen molar-refractivity contribution in [3.05, 3.63) is 113 Å². The van der Waals surface area contributed by atoms with Crippen LogP contribution in [0.15, 0.2) is 84.9 Å². The number of nitrogens with zero attached hydrogens (tertiary/aromatic N) is 1. The SMILES string of the molecule is COc1ccc(-c2ccc(C(=O)NC3C(=O)OCC3(C)C)cc2C(=O)OCc2ccccc2)c(C(=O)Nc2ccc(C(=N)N)cc2)n1. The molecule has 1 unspecified atom stereocenters. The van der Waals surface area contributed by atoms with E-state index in [1.54, 1.807) is 62.4 Å². The molecule has 1 aliphatic heterocycles. The fourth-order valence-corrected chi connectivity index (χ4v) is 4.97. The summed E-state index contributed by atoms with van der Waals surface area (Å²) in [6.45, 7) is 3.73. The molecule has 1 atom stereocenters. The highest BCUT2D eigenvalue weighted by molar-refractivity contribution is 6.10. The Hall–Kier alpha value is -6.04. The maximum atomic E-state index is 13.7. The number of hydrogen-bond acceptors (Lipinski definition) is 9. The number of ether oxygens (including phenoxy) is 3. The number of carbonyl (C=O) groups excluding carboxylic acids is 4. The van der Waals surface area contributed by atoms with Crippen LogP contribution in [0.1, 0.15) is 56.2 Å². The number of amides is 2. The molecule has 5 rings (SSSR count). The number of aromatic nitrogens is 1. The molecule has 1 saturated heterocycles. The Morgan fingerprint density at radius 2 is 1.64 bits per heavy atom. The molecule has 0 radical (unpaired) electrons. The number of nitrogens with two attached hydrogens (primary N) is 1. The van der Waals surface area contributed by atoms with Crippen molar-refractivity contribution in [3.8, 4) is 17.0 Å². The summed E-state index contributed by atoms with van der Waals surface area (Å²) in [5, 5.41) is 13.1. The molecule has 1 aliphatic rings. The van der Waals surface area contributed by atoms with Gasteiger partial charge in [0, 0.05) is 33.9 Å². The van der Waals surface area contributed by atoms with Crippen LogP contribution >= 0.6 is 0 Å². The number of cyclic esters (lactones) is 1. The van der Waals surface area contributed by atoms with E-state index < -0.39 is 35.2 Å². The summed E-state index contributed by atoms with van der Waals surface area (Å²) < 4.78 is 16.1. The number of hydrogen-bond donors (Lipinski definition) is 4. The van der Waals surface area contributed by atoms with E-state index in [4.69, 9.17) is 25.4 Å². The van der Waals surface area contributed by atoms with Gasteiger partial charge in [-0.05, 0) is 53.6 Å². The normalized spacial score (nSPS) is 14.9. The standard InChI is InChI=1S/C35H33N5O7/c1-35(2)19-47-34(44)29(35)40-31(41)22-11-14-24(26(17-22)33(43)46-18-20-7-5-4-6-8-20)25-15-16-27(45-3)39-28(25)32(42)38-23-12-9-21(10-13-23)30(36)37/h4-17,29H,18-19H2,1-3H3,(H3,36,37)(H,38,42)(H,40,41). The predicted octanol–water partition coefficient (Wildman–Crippen LogP) is 4.33. The Labute approximate surface area is 270 Å². The molecule has 4 aromatic rings. The van der Waals surface area contributed by atoms with Crippen LogP contribution in [0, 0.1) is 10.8 Å². The van der Waals surface area contributed by atoms with E-state index in [2.05, 4.69) is 15.6 Å². The molecular weight excluding hydrogens is 602 g/mol. The molecule has 12 heteroatoms. The second-order valence-electron chi connectivity index (χ2n) is 11.5. The van der Waals surface area contributed by atoms with Gasteiger partial charge in [-0.2, -0.15) is 0 Å². The maximum Gasteiger partial charge on any atom is 0.339 e. The zero-order chi connectivity index (χ0) is 33.7. The summed E-state index contributed by atoms with van der Waals surface area (Å²) in [7, 11) is 1.41. The third kappa shape index (κ3) is 7.28. The fourth-order valence-electron chi connectivity index (χ4n) is 4.97. The lowest BCUT2D eigenvalue weighted by Crippen LogP contribution is -2.46. The van der Waals surface area contributed by atoms with Crippen LogP contribution in [-0.4, -0.2) is 54.3 Å². The number of nitrogens with one attached hydrogen (secondary N) is 3. The first-order chi connectivity index (χ1) is 22.5. The Bertz CT molecular complexity index is 1860. The van der Waals surface area contributed by atoms with E-state index in [1.807, 2.05) is 18.2 Å². The van der Waals surface area contributed by atoms with Gasteiger partial charge in [-0.3, -0.25) is 15.0 Å². The number of nitrogen functional groups attached to an aromatic ring is 1. The van der Waals surface area contributed by atoms with Crippen molar-refractivity contribution < 1.29 is 33.4 Å². The van der Waals surface area contributed by atoms with E-state index in [1.165, 1.54) is 25.3 Å². The van der Waals surface area contributed by atoms with Gasteiger partial charge in [-0.1, -0.05) is 50.2 Å². The third-order valence-electron chi connectivity index (χ3n) is 7.63. The minimum absolute atomic E-state index is 0.00586. The maximum absolute atomic E-state index is 13.7. The highest BCUT2D eigenvalue weighted by Gasteiger charge is 2.44. The van der Waals surface area contributed by atoms with Crippen molar-refractivity contribution in [2.75, 3.05) is 19.0 Å². The number of methoxy groups -OCH3 is 1. The average molecular weight is 636 g/mol. The number of rotatable bonds is 10. The van der Waals surface area contributed by atoms with E-state index in [-0.39, 0.29) is 52.9 Å². The van der Waals surface area contributed by atoms with Crippen LogP contribution in [0.4, 0.5) is 5.69 Å². The average Bonchev–Trinajstić information content (AvgIpc) is 3.34. The largest absolute Gasteiger partial charge is 0.481 e. The number of pyridine rings is 1. The lowest BCUT2D eigenvalue weighted by Gasteiger charge is -2.23. The lowest BCUT2D eigenvalue weighted by molar-refractivity contribution is -0.139. The van der Waals surface area contributed by atoms with E-state index >= 15 is 0 Å². The van der Waals surface area contributed by atoms with Gasteiger partial charge in [-0.25, -0.2) is 14.6 Å². The Morgan fingerprint density at radius 1 is 0.957 bits per heavy atom. The molecule has 0 bridgehead atoms. The zero-order valence-corrected chi connectivity index (χ0v) is 26.0. The molecule has 0 saturated carbocycles. The first kappa shape index (κ1) is 32.4. The molecule has 0 spiro atoms. The minimum atomic E-state index is -0.881. The van der Waals surface area contributed by atoms with Crippen molar-refractivity contribution in [2.24, 2.45) is 11.1 Å². The van der Waals surface area contributed by atoms with Crippen molar-refractivity contribution in [1.29, 1.82) is 5.41 Å². The van der Waals surface area contributed by atoms with E-state index in [9.17, 15) is 19.2 Å². The molecule has 240 valence electrons. The number of carbonyl (C=O) groups is 4. The van der Waals surface area contributed by atoms with Crippen molar-refractivity contribution in [2.45, 2.75) is 26.5 Å². The van der Waals surface area contributed by atoms with Gasteiger partial charge >= 0.3 is 11.9 Å². The van der Waals surface area contributed by atoms with Crippen LogP contribution in [0.3, 0.4) is 0 Å². The number of benzene rings is 3. The molecular formula is C35H33N5O7. The van der Waals surface area contributed by atoms with Gasteiger partial charge in [0.05, 0.1) is 19.3 Å². The summed E-state index contributed by atoms with van der Waals surface area (Å²) in [6, 6.07) is 22.1. The fraction of sp³-hybridized carbons (Fsp3) is 0.200. The van der Waals surface area contributed by atoms with Gasteiger partial charge in [0.2, 0.25) is 5.88 Å². The molecule has 12 nitrogen and oxygen atoms in total. The number of anilines is 1. The number of amidine groups is 1. The minimum Gasteiger partial charge on any atom is -0.481 e. The Kier molecular flexibility index (Phi) is 9.31. The molecule has 0 aliphatic carbocycles. The molecule has 1 fully saturated rings. The lowest BCUT2D eigenvalue weighted by atomic mass is 9.87. The molecule has 5 N–H and O–H groups in total. The third-order valence-corrected chi connectivity index (χ3v) is 7.63. The first-order valence-corrected chi connectivity index (χ1v) is 14.6.